The van der Waals surface area contributed by atoms with Gasteiger partial charge >= 0.3 is 0 Å². The molecule has 0 spiro atoms. The lowest BCUT2D eigenvalue weighted by Gasteiger charge is -2.27. The van der Waals surface area contributed by atoms with Crippen molar-refractivity contribution in [2.24, 2.45) is 0 Å². The number of carbonyl (C=O) groups is 1. The molecule has 3 aromatic rings. The Labute approximate surface area is 180 Å². The number of benzene rings is 1. The van der Waals surface area contributed by atoms with Crippen LogP contribution in [-0.4, -0.2) is 38.6 Å². The average molecular weight is 423 g/mol. The van der Waals surface area contributed by atoms with Gasteiger partial charge in [0.05, 0.1) is 11.1 Å². The Morgan fingerprint density at radius 2 is 1.87 bits per heavy atom. The number of pyridine rings is 2. The second kappa shape index (κ2) is 8.88. The summed E-state index contributed by atoms with van der Waals surface area (Å²) < 4.78 is 14.8. The van der Waals surface area contributed by atoms with Crippen molar-refractivity contribution in [2.75, 3.05) is 13.1 Å². The van der Waals surface area contributed by atoms with Crippen LogP contribution in [0.5, 0.6) is 5.75 Å². The Balaban J connectivity index is 1.73. The zero-order chi connectivity index (χ0) is 22.0. The molecule has 6 nitrogen and oxygen atoms in total. The summed E-state index contributed by atoms with van der Waals surface area (Å²) in [6.45, 7) is 3.32. The molecule has 4 rings (SSSR count). The van der Waals surface area contributed by atoms with Crippen molar-refractivity contribution >= 4 is 16.9 Å². The Hall–Kier alpha value is -3.22. The number of aromatic nitrogens is 2. The quantitative estimate of drug-likeness (QED) is 0.659. The van der Waals surface area contributed by atoms with E-state index in [-0.39, 0.29) is 23.0 Å². The molecular weight excluding hydrogens is 397 g/mol. The normalized spacial score (nSPS) is 14.4. The number of rotatable bonds is 6. The van der Waals surface area contributed by atoms with Crippen LogP contribution in [0.15, 0.2) is 41.3 Å². The Bertz CT molecular complexity index is 1170. The number of nitrogens with zero attached hydrogens (tertiary/aromatic N) is 3. The summed E-state index contributed by atoms with van der Waals surface area (Å²) in [5.74, 6) is -0.257. The van der Waals surface area contributed by atoms with E-state index in [2.05, 4.69) is 4.98 Å². The highest BCUT2D eigenvalue weighted by atomic mass is 19.1. The fourth-order valence-corrected chi connectivity index (χ4v) is 4.19. The van der Waals surface area contributed by atoms with Crippen LogP contribution in [-0.2, 0) is 24.2 Å². The SMILES string of the molecule is CCc1c(O)c2ncc(Cc3ccc(F)cc3)cc2n(CCN2CCCCC2=O)c1=O. The van der Waals surface area contributed by atoms with Crippen molar-refractivity contribution in [3.8, 4) is 5.75 Å². The maximum absolute atomic E-state index is 13.2. The summed E-state index contributed by atoms with van der Waals surface area (Å²) in [7, 11) is 0. The molecule has 1 saturated heterocycles. The molecule has 3 heterocycles. The van der Waals surface area contributed by atoms with Crippen LogP contribution in [0.2, 0.25) is 0 Å². The van der Waals surface area contributed by atoms with E-state index in [1.54, 1.807) is 27.8 Å². The highest BCUT2D eigenvalue weighted by Gasteiger charge is 2.20. The molecule has 0 radical (unpaired) electrons. The first-order valence-electron chi connectivity index (χ1n) is 10.7. The average Bonchev–Trinajstić information content (AvgIpc) is 2.77. The monoisotopic (exact) mass is 423 g/mol. The maximum Gasteiger partial charge on any atom is 0.258 e. The van der Waals surface area contributed by atoms with Crippen molar-refractivity contribution in [2.45, 2.75) is 45.6 Å². The van der Waals surface area contributed by atoms with Crippen LogP contribution in [0.25, 0.3) is 11.0 Å². The molecule has 1 aliphatic rings. The van der Waals surface area contributed by atoms with E-state index >= 15 is 0 Å². The number of hydrogen-bond acceptors (Lipinski definition) is 4. The smallest absolute Gasteiger partial charge is 0.258 e. The Morgan fingerprint density at radius 1 is 1.10 bits per heavy atom. The van der Waals surface area contributed by atoms with Crippen molar-refractivity contribution in [1.82, 2.24) is 14.5 Å². The number of amides is 1. The summed E-state index contributed by atoms with van der Waals surface area (Å²) in [5.41, 5.74) is 2.77. The van der Waals surface area contributed by atoms with Gasteiger partial charge in [0.1, 0.15) is 11.3 Å². The molecular formula is C24H26FN3O3. The van der Waals surface area contributed by atoms with E-state index in [1.807, 2.05) is 13.0 Å². The van der Waals surface area contributed by atoms with Crippen LogP contribution in [0.4, 0.5) is 4.39 Å². The Morgan fingerprint density at radius 3 is 2.58 bits per heavy atom. The minimum absolute atomic E-state index is 0.0823. The predicted octanol–water partition coefficient (Wildman–Crippen LogP) is 3.41. The first-order chi connectivity index (χ1) is 15.0. The first-order valence-corrected chi connectivity index (χ1v) is 10.7. The third kappa shape index (κ3) is 4.31. The van der Waals surface area contributed by atoms with Gasteiger partial charge in [-0.05, 0) is 55.0 Å². The number of aromatic hydroxyl groups is 1. The molecule has 7 heteroatoms. The lowest BCUT2D eigenvalue weighted by Crippen LogP contribution is -2.39. The molecule has 1 aromatic carbocycles. The van der Waals surface area contributed by atoms with Crippen molar-refractivity contribution in [3.63, 3.8) is 0 Å². The van der Waals surface area contributed by atoms with Crippen LogP contribution in [0, 0.1) is 5.82 Å². The van der Waals surface area contributed by atoms with E-state index in [0.29, 0.717) is 55.5 Å². The van der Waals surface area contributed by atoms with E-state index in [9.17, 15) is 19.1 Å². The van der Waals surface area contributed by atoms with Gasteiger partial charge in [-0.2, -0.15) is 0 Å². The molecule has 0 aliphatic carbocycles. The van der Waals surface area contributed by atoms with Gasteiger partial charge in [0.2, 0.25) is 5.91 Å². The fourth-order valence-electron chi connectivity index (χ4n) is 4.19. The molecule has 0 unspecified atom stereocenters. The van der Waals surface area contributed by atoms with E-state index in [0.717, 1.165) is 24.0 Å². The molecule has 2 aromatic heterocycles. The standard InChI is InChI=1S/C24H26FN3O3/c1-2-19-23(30)22-20(14-17(15-26-22)13-16-6-8-18(25)9-7-16)28(24(19)31)12-11-27-10-4-3-5-21(27)29/h6-9,14-15,30H,2-5,10-13H2,1H3. The number of likely N-dealkylation sites (tertiary alicyclic amines) is 1. The fraction of sp³-hybridized carbons (Fsp3) is 0.375. The maximum atomic E-state index is 13.2. The molecule has 1 fully saturated rings. The van der Waals surface area contributed by atoms with Gasteiger partial charge < -0.3 is 14.6 Å². The molecule has 0 atom stereocenters. The summed E-state index contributed by atoms with van der Waals surface area (Å²) in [4.78, 5) is 31.6. The predicted molar refractivity (Wildman–Crippen MR) is 117 cm³/mol. The summed E-state index contributed by atoms with van der Waals surface area (Å²) in [5, 5.41) is 10.6. The van der Waals surface area contributed by atoms with Gasteiger partial charge in [0.25, 0.3) is 5.56 Å². The van der Waals surface area contributed by atoms with E-state index < -0.39 is 0 Å². The topological polar surface area (TPSA) is 75.4 Å². The van der Waals surface area contributed by atoms with Crippen LogP contribution < -0.4 is 5.56 Å². The summed E-state index contributed by atoms with van der Waals surface area (Å²) >= 11 is 0. The van der Waals surface area contributed by atoms with Gasteiger partial charge in [-0.15, -0.1) is 0 Å². The van der Waals surface area contributed by atoms with Gasteiger partial charge in [-0.3, -0.25) is 14.6 Å². The molecule has 162 valence electrons. The zero-order valence-electron chi connectivity index (χ0n) is 17.6. The summed E-state index contributed by atoms with van der Waals surface area (Å²) in [6.07, 6.45) is 5.03. The van der Waals surface area contributed by atoms with E-state index in [1.165, 1.54) is 12.1 Å². The number of hydrogen-bond donors (Lipinski definition) is 1. The van der Waals surface area contributed by atoms with Gasteiger partial charge in [0.15, 0.2) is 5.75 Å². The van der Waals surface area contributed by atoms with Gasteiger partial charge in [-0.1, -0.05) is 19.1 Å². The van der Waals surface area contributed by atoms with Crippen molar-refractivity contribution in [3.05, 3.63) is 69.4 Å². The van der Waals surface area contributed by atoms with Gasteiger partial charge in [-0.25, -0.2) is 4.39 Å². The number of halogens is 1. The minimum Gasteiger partial charge on any atom is -0.505 e. The third-order valence-corrected chi connectivity index (χ3v) is 5.92. The van der Waals surface area contributed by atoms with E-state index in [4.69, 9.17) is 0 Å². The highest BCUT2D eigenvalue weighted by molar-refractivity contribution is 5.83. The second-order valence-corrected chi connectivity index (χ2v) is 7.99. The van der Waals surface area contributed by atoms with Gasteiger partial charge in [0, 0.05) is 32.3 Å². The highest BCUT2D eigenvalue weighted by Crippen LogP contribution is 2.26. The molecule has 0 saturated carbocycles. The summed E-state index contributed by atoms with van der Waals surface area (Å²) in [6, 6.07) is 8.10. The number of carbonyl (C=O) groups excluding carboxylic acids is 1. The molecule has 1 N–H and O–H groups in total. The Kier molecular flexibility index (Phi) is 6.02. The molecule has 0 bridgehead atoms. The lowest BCUT2D eigenvalue weighted by molar-refractivity contribution is -0.133. The minimum atomic E-state index is -0.293. The van der Waals surface area contributed by atoms with Crippen LogP contribution in [0.1, 0.15) is 42.9 Å². The molecule has 1 aliphatic heterocycles. The van der Waals surface area contributed by atoms with Crippen LogP contribution >= 0.6 is 0 Å². The zero-order valence-corrected chi connectivity index (χ0v) is 17.6. The van der Waals surface area contributed by atoms with Crippen molar-refractivity contribution < 1.29 is 14.3 Å². The second-order valence-electron chi connectivity index (χ2n) is 7.99. The number of piperidine rings is 1. The molecule has 1 amide bonds. The number of fused-ring (bicyclic) bond motifs is 1. The third-order valence-electron chi connectivity index (χ3n) is 5.92. The largest absolute Gasteiger partial charge is 0.505 e. The first kappa shape index (κ1) is 21.0. The van der Waals surface area contributed by atoms with Crippen molar-refractivity contribution in [1.29, 1.82) is 0 Å². The van der Waals surface area contributed by atoms with Crippen LogP contribution in [0.3, 0.4) is 0 Å². The molecule has 31 heavy (non-hydrogen) atoms. The lowest BCUT2D eigenvalue weighted by atomic mass is 10.0.